The minimum Gasteiger partial charge on any atom is -0.489 e. The van der Waals surface area contributed by atoms with Crippen molar-refractivity contribution in [3.8, 4) is 5.75 Å². The Labute approximate surface area is 124 Å². The van der Waals surface area contributed by atoms with Crippen molar-refractivity contribution in [1.29, 1.82) is 0 Å². The Morgan fingerprint density at radius 3 is 2.24 bits per heavy atom. The fraction of sp³-hybridized carbons (Fsp3) is 0.235. The molecule has 0 amide bonds. The maximum absolute atomic E-state index is 11.7. The van der Waals surface area contributed by atoms with Crippen LogP contribution in [-0.4, -0.2) is 12.1 Å². The second kappa shape index (κ2) is 6.79. The van der Waals surface area contributed by atoms with E-state index in [1.807, 2.05) is 38.1 Å². The molecule has 0 saturated carbocycles. The number of esters is 1. The molecule has 0 aliphatic carbocycles. The summed E-state index contributed by atoms with van der Waals surface area (Å²) in [5.74, 6) is 0.448. The van der Waals surface area contributed by atoms with E-state index in [0.717, 1.165) is 11.3 Å². The number of carbonyl (C=O) groups excluding carboxylic acids is 1. The summed E-state index contributed by atoms with van der Waals surface area (Å²) in [7, 11) is 0. The van der Waals surface area contributed by atoms with Crippen LogP contribution in [0.1, 0.15) is 29.8 Å². The van der Waals surface area contributed by atoms with Crippen molar-refractivity contribution < 1.29 is 14.3 Å². The molecule has 2 N–H and O–H groups in total. The van der Waals surface area contributed by atoms with Gasteiger partial charge in [0.1, 0.15) is 12.4 Å². The van der Waals surface area contributed by atoms with Crippen LogP contribution in [-0.2, 0) is 11.3 Å². The number of benzene rings is 2. The maximum atomic E-state index is 11.7. The molecule has 4 heteroatoms. The molecule has 0 radical (unpaired) electrons. The molecule has 0 aliphatic rings. The van der Waals surface area contributed by atoms with E-state index in [1.165, 1.54) is 0 Å². The minimum absolute atomic E-state index is 0.119. The lowest BCUT2D eigenvalue weighted by atomic mass is 10.1. The second-order valence-electron chi connectivity index (χ2n) is 5.01. The van der Waals surface area contributed by atoms with Gasteiger partial charge in [-0.05, 0) is 55.8 Å². The molecule has 0 aliphatic heterocycles. The van der Waals surface area contributed by atoms with Gasteiger partial charge < -0.3 is 15.2 Å². The molecule has 2 aromatic rings. The molecule has 21 heavy (non-hydrogen) atoms. The van der Waals surface area contributed by atoms with Gasteiger partial charge in [-0.15, -0.1) is 0 Å². The molecule has 4 nitrogen and oxygen atoms in total. The predicted molar refractivity (Wildman–Crippen MR) is 82.2 cm³/mol. The Bertz CT molecular complexity index is 588. The van der Waals surface area contributed by atoms with Crippen molar-refractivity contribution in [3.05, 3.63) is 59.7 Å². The van der Waals surface area contributed by atoms with E-state index in [1.54, 1.807) is 24.3 Å². The number of rotatable bonds is 5. The Morgan fingerprint density at radius 2 is 1.67 bits per heavy atom. The summed E-state index contributed by atoms with van der Waals surface area (Å²) >= 11 is 0. The van der Waals surface area contributed by atoms with Crippen LogP contribution in [0.2, 0.25) is 0 Å². The van der Waals surface area contributed by atoms with Gasteiger partial charge in [-0.25, -0.2) is 4.79 Å². The number of nitrogens with two attached hydrogens (primary N) is 1. The molecule has 0 aromatic heterocycles. The monoisotopic (exact) mass is 285 g/mol. The van der Waals surface area contributed by atoms with Gasteiger partial charge >= 0.3 is 5.97 Å². The first kappa shape index (κ1) is 14.9. The van der Waals surface area contributed by atoms with Crippen LogP contribution < -0.4 is 10.5 Å². The van der Waals surface area contributed by atoms with Crippen molar-refractivity contribution in [3.63, 3.8) is 0 Å². The van der Waals surface area contributed by atoms with E-state index < -0.39 is 0 Å². The summed E-state index contributed by atoms with van der Waals surface area (Å²) in [5, 5.41) is 0. The van der Waals surface area contributed by atoms with Crippen molar-refractivity contribution in [2.75, 3.05) is 5.73 Å². The van der Waals surface area contributed by atoms with Gasteiger partial charge in [0.2, 0.25) is 0 Å². The summed E-state index contributed by atoms with van der Waals surface area (Å²) in [5.41, 5.74) is 7.84. The van der Waals surface area contributed by atoms with E-state index in [9.17, 15) is 4.79 Å². The highest BCUT2D eigenvalue weighted by molar-refractivity contribution is 5.89. The summed E-state index contributed by atoms with van der Waals surface area (Å²) in [6.07, 6.45) is -0.119. The Morgan fingerprint density at radius 1 is 1.05 bits per heavy atom. The van der Waals surface area contributed by atoms with Gasteiger partial charge in [0.15, 0.2) is 0 Å². The SMILES string of the molecule is CC(C)OC(=O)c1ccc(COc2ccc(N)cc2)cc1. The fourth-order valence-corrected chi connectivity index (χ4v) is 1.75. The van der Waals surface area contributed by atoms with Crippen molar-refractivity contribution in [1.82, 2.24) is 0 Å². The highest BCUT2D eigenvalue weighted by Gasteiger charge is 2.08. The van der Waals surface area contributed by atoms with Crippen LogP contribution in [0, 0.1) is 0 Å². The molecular weight excluding hydrogens is 266 g/mol. The zero-order valence-electron chi connectivity index (χ0n) is 12.2. The third-order valence-electron chi connectivity index (χ3n) is 2.82. The average molecular weight is 285 g/mol. The van der Waals surface area contributed by atoms with Crippen LogP contribution in [0.5, 0.6) is 5.75 Å². The number of nitrogen functional groups attached to an aromatic ring is 1. The molecule has 0 bridgehead atoms. The largest absolute Gasteiger partial charge is 0.489 e. The lowest BCUT2D eigenvalue weighted by Crippen LogP contribution is -2.11. The molecular formula is C17H19NO3. The lowest BCUT2D eigenvalue weighted by molar-refractivity contribution is 0.0378. The molecule has 0 spiro atoms. The van der Waals surface area contributed by atoms with E-state index in [0.29, 0.717) is 17.9 Å². The summed E-state index contributed by atoms with van der Waals surface area (Å²) < 4.78 is 10.8. The standard InChI is InChI=1S/C17H19NO3/c1-12(2)21-17(19)14-5-3-13(4-6-14)11-20-16-9-7-15(18)8-10-16/h3-10,12H,11,18H2,1-2H3. The Hall–Kier alpha value is -2.49. The normalized spacial score (nSPS) is 10.4. The molecule has 0 saturated heterocycles. The summed E-state index contributed by atoms with van der Waals surface area (Å²) in [6, 6.07) is 14.4. The lowest BCUT2D eigenvalue weighted by Gasteiger charge is -2.09. The minimum atomic E-state index is -0.309. The Kier molecular flexibility index (Phi) is 4.82. The van der Waals surface area contributed by atoms with Crippen molar-refractivity contribution >= 4 is 11.7 Å². The van der Waals surface area contributed by atoms with Gasteiger partial charge in [0.05, 0.1) is 11.7 Å². The van der Waals surface area contributed by atoms with Gasteiger partial charge in [-0.3, -0.25) is 0 Å². The van der Waals surface area contributed by atoms with Crippen LogP contribution in [0.15, 0.2) is 48.5 Å². The van der Waals surface area contributed by atoms with E-state index in [4.69, 9.17) is 15.2 Å². The molecule has 0 heterocycles. The predicted octanol–water partition coefficient (Wildman–Crippen LogP) is 3.41. The zero-order valence-corrected chi connectivity index (χ0v) is 12.2. The van der Waals surface area contributed by atoms with Crippen molar-refractivity contribution in [2.45, 2.75) is 26.6 Å². The van der Waals surface area contributed by atoms with Crippen LogP contribution in [0.25, 0.3) is 0 Å². The first-order chi connectivity index (χ1) is 10.0. The topological polar surface area (TPSA) is 61.5 Å². The molecule has 2 rings (SSSR count). The molecule has 2 aromatic carbocycles. The number of hydrogen-bond acceptors (Lipinski definition) is 4. The van der Waals surface area contributed by atoms with E-state index >= 15 is 0 Å². The average Bonchev–Trinajstić information content (AvgIpc) is 2.46. The summed E-state index contributed by atoms with van der Waals surface area (Å²) in [6.45, 7) is 4.09. The molecule has 0 unspecified atom stereocenters. The van der Waals surface area contributed by atoms with Gasteiger partial charge in [-0.2, -0.15) is 0 Å². The quantitative estimate of drug-likeness (QED) is 0.675. The zero-order chi connectivity index (χ0) is 15.2. The first-order valence-corrected chi connectivity index (χ1v) is 6.83. The van der Waals surface area contributed by atoms with E-state index in [-0.39, 0.29) is 12.1 Å². The van der Waals surface area contributed by atoms with Crippen molar-refractivity contribution in [2.24, 2.45) is 0 Å². The van der Waals surface area contributed by atoms with Crippen LogP contribution in [0.4, 0.5) is 5.69 Å². The highest BCUT2D eigenvalue weighted by atomic mass is 16.5. The number of hydrogen-bond donors (Lipinski definition) is 1. The number of ether oxygens (including phenoxy) is 2. The molecule has 0 atom stereocenters. The van der Waals surface area contributed by atoms with Gasteiger partial charge in [0, 0.05) is 5.69 Å². The number of anilines is 1. The van der Waals surface area contributed by atoms with Gasteiger partial charge in [0.25, 0.3) is 0 Å². The second-order valence-corrected chi connectivity index (χ2v) is 5.01. The van der Waals surface area contributed by atoms with Crippen LogP contribution >= 0.6 is 0 Å². The van der Waals surface area contributed by atoms with Crippen LogP contribution in [0.3, 0.4) is 0 Å². The first-order valence-electron chi connectivity index (χ1n) is 6.83. The highest BCUT2D eigenvalue weighted by Crippen LogP contribution is 2.15. The van der Waals surface area contributed by atoms with Gasteiger partial charge in [-0.1, -0.05) is 12.1 Å². The third kappa shape index (κ3) is 4.53. The Balaban J connectivity index is 1.93. The fourth-order valence-electron chi connectivity index (χ4n) is 1.75. The third-order valence-corrected chi connectivity index (χ3v) is 2.82. The number of carbonyl (C=O) groups is 1. The molecule has 110 valence electrons. The summed E-state index contributed by atoms with van der Waals surface area (Å²) in [4.78, 5) is 11.7. The molecule has 0 fully saturated rings. The van der Waals surface area contributed by atoms with E-state index in [2.05, 4.69) is 0 Å². The smallest absolute Gasteiger partial charge is 0.338 e. The maximum Gasteiger partial charge on any atom is 0.338 e.